The number of alkyl halides is 1. The van der Waals surface area contributed by atoms with E-state index in [1.54, 1.807) is 0 Å². The Morgan fingerprint density at radius 3 is 0.903 bits per heavy atom. The number of ether oxygens (including phenoxy) is 6. The predicted molar refractivity (Wildman–Crippen MR) is 387 cm³/mol. The summed E-state index contributed by atoms with van der Waals surface area (Å²) in [4.78, 5) is 76.0. The van der Waals surface area contributed by atoms with E-state index in [1.165, 1.54) is 116 Å². The Balaban J connectivity index is 0.00000151. The fraction of sp³-hybridized carbons (Fsp3) is 0.775. The molecule has 0 spiro atoms. The molecule has 536 valence electrons. The highest BCUT2D eigenvalue weighted by atomic mass is 79.9. The van der Waals surface area contributed by atoms with Crippen molar-refractivity contribution in [2.24, 2.45) is 11.3 Å². The molecule has 0 atom stereocenters. The van der Waals surface area contributed by atoms with Crippen LogP contribution >= 0.6 is 15.9 Å². The first-order chi connectivity index (χ1) is 44.1. The second kappa shape index (κ2) is 53.8. The average Bonchev–Trinajstić information content (AvgIpc) is 0.811. The van der Waals surface area contributed by atoms with Crippen molar-refractivity contribution in [1.82, 2.24) is 0 Å². The predicted octanol–water partition coefficient (Wildman–Crippen LogP) is 23.1. The Kier molecular flexibility index (Phi) is 51.4. The number of carbonyl (C=O) groups excluding carboxylic acids is 6. The summed E-state index contributed by atoms with van der Waals surface area (Å²) in [5.74, 6) is -2.83. The molecule has 0 heterocycles. The van der Waals surface area contributed by atoms with Gasteiger partial charge in [0.05, 0.1) is 0 Å². The molecule has 0 aromatic heterocycles. The molecule has 0 fully saturated rings. The van der Waals surface area contributed by atoms with Crippen LogP contribution in [-0.4, -0.2) is 63.6 Å². The van der Waals surface area contributed by atoms with Gasteiger partial charge in [-0.25, -0.2) is 0 Å². The van der Waals surface area contributed by atoms with Crippen molar-refractivity contribution in [2.45, 2.75) is 383 Å². The smallest absolute Gasteiger partial charge is 0.324 e. The summed E-state index contributed by atoms with van der Waals surface area (Å²) in [6.45, 7) is 27.2. The van der Waals surface area contributed by atoms with E-state index in [-0.39, 0.29) is 11.9 Å². The van der Waals surface area contributed by atoms with E-state index in [9.17, 15) is 28.8 Å². The highest BCUT2D eigenvalue weighted by Crippen LogP contribution is 2.38. The summed E-state index contributed by atoms with van der Waals surface area (Å²) in [5, 5.41) is 1.12. The van der Waals surface area contributed by atoms with Crippen molar-refractivity contribution in [3.05, 3.63) is 71.8 Å². The largest absolute Gasteiger partial charge is 0.461 e. The minimum Gasteiger partial charge on any atom is -0.461 e. The second-order valence-corrected chi connectivity index (χ2v) is 30.6. The van der Waals surface area contributed by atoms with Crippen molar-refractivity contribution in [3.8, 4) is 0 Å². The van der Waals surface area contributed by atoms with Crippen molar-refractivity contribution in [1.29, 1.82) is 0 Å². The first-order valence-corrected chi connectivity index (χ1v) is 38.1. The monoisotopic (exact) mass is 1370 g/mol. The summed E-state index contributed by atoms with van der Waals surface area (Å²) >= 11 is 3.45. The molecule has 0 N–H and O–H groups in total. The van der Waals surface area contributed by atoms with Crippen LogP contribution in [0.25, 0.3) is 0 Å². The first-order valence-electron chi connectivity index (χ1n) is 37.0. The lowest BCUT2D eigenvalue weighted by atomic mass is 9.77. The van der Waals surface area contributed by atoms with Gasteiger partial charge in [0.15, 0.2) is 11.3 Å². The van der Waals surface area contributed by atoms with E-state index in [2.05, 4.69) is 29.8 Å². The number of benzene rings is 2. The van der Waals surface area contributed by atoms with Crippen LogP contribution in [0, 0.1) is 11.3 Å². The summed E-state index contributed by atoms with van der Waals surface area (Å²) in [6.07, 6.45) is 41.6. The van der Waals surface area contributed by atoms with Crippen LogP contribution in [0.15, 0.2) is 60.7 Å². The number of esters is 6. The number of rotatable bonds is 49. The first kappa shape index (κ1) is 88.7. The highest BCUT2D eigenvalue weighted by molar-refractivity contribution is 9.09. The summed E-state index contributed by atoms with van der Waals surface area (Å²) in [5.41, 5.74) is -1.77. The topological polar surface area (TPSA) is 158 Å². The SMILES string of the molecule is CCCCCCCCCCCC(C(=O)OC(C)(C)C)C(=O)OC(C)(C)C.CCCCCCCCCCCC(CCCCCCCCCCC(=O)OCc1ccccc1)(C(=O)OC(C)(C)C)C(=O)OC(C)(C)C.O=C(CCCCCCCCCCBr)OCc1ccccc1. The van der Waals surface area contributed by atoms with E-state index >= 15 is 0 Å². The number of carbonyl (C=O) groups is 6. The van der Waals surface area contributed by atoms with Crippen LogP contribution < -0.4 is 0 Å². The van der Waals surface area contributed by atoms with E-state index in [4.69, 9.17) is 28.4 Å². The van der Waals surface area contributed by atoms with Crippen LogP contribution in [0.3, 0.4) is 0 Å². The second-order valence-electron chi connectivity index (χ2n) is 29.8. The fourth-order valence-electron chi connectivity index (χ4n) is 10.6. The molecule has 93 heavy (non-hydrogen) atoms. The Morgan fingerprint density at radius 1 is 0.344 bits per heavy atom. The lowest BCUT2D eigenvalue weighted by Gasteiger charge is -2.35. The van der Waals surface area contributed by atoms with Gasteiger partial charge in [0.25, 0.3) is 0 Å². The van der Waals surface area contributed by atoms with Gasteiger partial charge in [0.1, 0.15) is 35.6 Å². The van der Waals surface area contributed by atoms with Gasteiger partial charge in [-0.05, 0) is 133 Å². The molecule has 12 nitrogen and oxygen atoms in total. The molecule has 2 aromatic rings. The van der Waals surface area contributed by atoms with Crippen LogP contribution in [-0.2, 0) is 70.4 Å². The maximum Gasteiger partial charge on any atom is 0.324 e. The van der Waals surface area contributed by atoms with E-state index in [0.29, 0.717) is 45.3 Å². The molecule has 2 aromatic carbocycles. The van der Waals surface area contributed by atoms with Gasteiger partial charge in [-0.3, -0.25) is 28.8 Å². The van der Waals surface area contributed by atoms with Gasteiger partial charge < -0.3 is 28.4 Å². The minimum absolute atomic E-state index is 0.0730. The minimum atomic E-state index is -1.27. The molecule has 0 amide bonds. The van der Waals surface area contributed by atoms with Crippen molar-refractivity contribution < 1.29 is 57.2 Å². The summed E-state index contributed by atoms with van der Waals surface area (Å²) in [7, 11) is 0. The van der Waals surface area contributed by atoms with E-state index in [1.807, 2.05) is 144 Å². The number of hydrogen-bond acceptors (Lipinski definition) is 12. The summed E-state index contributed by atoms with van der Waals surface area (Å²) in [6, 6.07) is 19.6. The number of hydrogen-bond donors (Lipinski definition) is 0. The number of halogens is 1. The van der Waals surface area contributed by atoms with E-state index < -0.39 is 57.6 Å². The Labute approximate surface area is 577 Å². The Bertz CT molecular complexity index is 2130. The Morgan fingerprint density at radius 2 is 0.613 bits per heavy atom. The quantitative estimate of drug-likeness (QED) is 0.0203. The normalized spacial score (nSPS) is 11.8. The molecule has 0 saturated heterocycles. The molecule has 13 heteroatoms. The van der Waals surface area contributed by atoms with Gasteiger partial charge in [-0.15, -0.1) is 0 Å². The molecule has 0 radical (unpaired) electrons. The average molecular weight is 1370 g/mol. The van der Waals surface area contributed by atoms with Crippen LogP contribution in [0.2, 0.25) is 0 Å². The Hall–Kier alpha value is -4.26. The van der Waals surface area contributed by atoms with Gasteiger partial charge in [0, 0.05) is 18.2 Å². The van der Waals surface area contributed by atoms with Gasteiger partial charge in [0.2, 0.25) is 0 Å². The number of unbranched alkanes of at least 4 members (excludes halogenated alkanes) is 30. The van der Waals surface area contributed by atoms with Gasteiger partial charge in [-0.1, -0.05) is 289 Å². The third kappa shape index (κ3) is 53.6. The third-order valence-corrected chi connectivity index (χ3v) is 16.3. The molecule has 0 bridgehead atoms. The maximum absolute atomic E-state index is 13.7. The molecule has 0 aliphatic heterocycles. The summed E-state index contributed by atoms with van der Waals surface area (Å²) < 4.78 is 33.3. The zero-order valence-electron chi connectivity index (χ0n) is 61.8. The van der Waals surface area contributed by atoms with E-state index in [0.717, 1.165) is 119 Å². The maximum atomic E-state index is 13.7. The molecule has 0 aliphatic rings. The fourth-order valence-corrected chi connectivity index (χ4v) is 11.0. The molecule has 2 rings (SSSR count). The van der Waals surface area contributed by atoms with Crippen molar-refractivity contribution in [2.75, 3.05) is 5.33 Å². The molecule has 0 unspecified atom stereocenters. The molecular formula is C80H137BrO12. The lowest BCUT2D eigenvalue weighted by Crippen LogP contribution is -2.46. The van der Waals surface area contributed by atoms with Gasteiger partial charge >= 0.3 is 35.8 Å². The zero-order valence-corrected chi connectivity index (χ0v) is 63.4. The van der Waals surface area contributed by atoms with Crippen molar-refractivity contribution >= 4 is 51.7 Å². The molecule has 0 saturated carbocycles. The standard InChI is InChI=1S/C40H68O6.C22H42O4.C18H27BrO2/c1-8-9-10-11-12-14-17-20-26-31-40(36(42)45-38(2,3)4,37(43)46-39(5,6)7)32-27-21-18-15-13-16-19-25-30-35(41)44-33-34-28-23-22-24-29-34;1-8-9-10-11-12-13-14-15-16-17-18(19(23)25-21(2,3)4)20(24)26-22(5,6)7;19-15-11-6-4-2-1-3-5-10-14-18(20)21-16-17-12-8-7-9-13-17/h22-24,28-29H,8-21,25-27,30-33H2,1-7H3;18H,8-17H2,1-7H3;7-9,12-13H,1-6,10-11,14-16H2. The van der Waals surface area contributed by atoms with Crippen LogP contribution in [0.1, 0.15) is 358 Å². The lowest BCUT2D eigenvalue weighted by molar-refractivity contribution is -0.187. The molecule has 0 aliphatic carbocycles. The zero-order chi connectivity index (χ0) is 69.7. The van der Waals surface area contributed by atoms with Gasteiger partial charge in [-0.2, -0.15) is 0 Å². The third-order valence-electron chi connectivity index (χ3n) is 15.7. The van der Waals surface area contributed by atoms with Crippen LogP contribution in [0.4, 0.5) is 0 Å². The van der Waals surface area contributed by atoms with Crippen molar-refractivity contribution in [3.63, 3.8) is 0 Å². The molecular weight excluding hydrogens is 1230 g/mol. The highest BCUT2D eigenvalue weighted by Gasteiger charge is 2.50. The van der Waals surface area contributed by atoms with Crippen LogP contribution in [0.5, 0.6) is 0 Å².